The lowest BCUT2D eigenvalue weighted by molar-refractivity contribution is 0.756. The lowest BCUT2D eigenvalue weighted by Gasteiger charge is -2.05. The molecule has 0 aliphatic rings. The average Bonchev–Trinajstić information content (AvgIpc) is 2.76. The lowest BCUT2D eigenvalue weighted by Crippen LogP contribution is -2.07. The standard InChI is InChI=1S/C9H14N6/c1-6-8(10)9(15(2)14-6)13-5-7-11-3-4-12-7/h3-4,13H,5,10H2,1-2H3,(H,11,12). The van der Waals surface area contributed by atoms with Gasteiger partial charge in [-0.2, -0.15) is 5.10 Å². The average molecular weight is 206 g/mol. The van der Waals surface area contributed by atoms with Crippen molar-refractivity contribution in [2.75, 3.05) is 11.1 Å². The molecule has 0 atom stereocenters. The molecule has 4 N–H and O–H groups in total. The summed E-state index contributed by atoms with van der Waals surface area (Å²) in [5.41, 5.74) is 7.38. The van der Waals surface area contributed by atoms with Gasteiger partial charge in [0.15, 0.2) is 0 Å². The predicted octanol–water partition coefficient (Wildman–Crippen LogP) is 0.646. The van der Waals surface area contributed by atoms with Crippen LogP contribution in [0.5, 0.6) is 0 Å². The number of aromatic nitrogens is 4. The number of imidazole rings is 1. The third kappa shape index (κ3) is 1.78. The van der Waals surface area contributed by atoms with E-state index in [1.807, 2.05) is 14.0 Å². The smallest absolute Gasteiger partial charge is 0.148 e. The van der Waals surface area contributed by atoms with E-state index in [1.165, 1.54) is 0 Å². The Labute approximate surface area is 87.5 Å². The van der Waals surface area contributed by atoms with Crippen molar-refractivity contribution in [2.24, 2.45) is 7.05 Å². The SMILES string of the molecule is Cc1nn(C)c(NCc2ncc[nH]2)c1N. The van der Waals surface area contributed by atoms with Gasteiger partial charge in [-0.15, -0.1) is 0 Å². The van der Waals surface area contributed by atoms with Crippen LogP contribution in [0.2, 0.25) is 0 Å². The van der Waals surface area contributed by atoms with Crippen molar-refractivity contribution < 1.29 is 0 Å². The molecule has 2 aromatic rings. The molecular formula is C9H14N6. The van der Waals surface area contributed by atoms with Gasteiger partial charge >= 0.3 is 0 Å². The lowest BCUT2D eigenvalue weighted by atomic mass is 10.4. The zero-order chi connectivity index (χ0) is 10.8. The third-order valence-electron chi connectivity index (χ3n) is 2.25. The van der Waals surface area contributed by atoms with E-state index < -0.39 is 0 Å². The fraction of sp³-hybridized carbons (Fsp3) is 0.333. The van der Waals surface area contributed by atoms with Crippen molar-refractivity contribution in [1.82, 2.24) is 19.7 Å². The summed E-state index contributed by atoms with van der Waals surface area (Å²) in [5.74, 6) is 1.69. The van der Waals surface area contributed by atoms with E-state index in [0.29, 0.717) is 12.2 Å². The van der Waals surface area contributed by atoms with E-state index in [1.54, 1.807) is 17.1 Å². The predicted molar refractivity (Wildman–Crippen MR) is 58.3 cm³/mol. The number of anilines is 2. The zero-order valence-corrected chi connectivity index (χ0v) is 8.78. The first kappa shape index (κ1) is 9.57. The molecule has 2 heterocycles. The summed E-state index contributed by atoms with van der Waals surface area (Å²) in [6.07, 6.45) is 3.50. The summed E-state index contributed by atoms with van der Waals surface area (Å²) in [5, 5.41) is 7.40. The maximum absolute atomic E-state index is 5.87. The van der Waals surface area contributed by atoms with Gasteiger partial charge in [0, 0.05) is 19.4 Å². The number of aromatic amines is 1. The number of hydrogen-bond donors (Lipinski definition) is 3. The van der Waals surface area contributed by atoms with Crippen LogP contribution >= 0.6 is 0 Å². The first-order valence-electron chi connectivity index (χ1n) is 4.69. The van der Waals surface area contributed by atoms with Crippen LogP contribution in [-0.4, -0.2) is 19.7 Å². The molecule has 6 heteroatoms. The monoisotopic (exact) mass is 206 g/mol. The Kier molecular flexibility index (Phi) is 2.32. The summed E-state index contributed by atoms with van der Waals surface area (Å²) >= 11 is 0. The minimum Gasteiger partial charge on any atom is -0.394 e. The fourth-order valence-electron chi connectivity index (χ4n) is 1.45. The van der Waals surface area contributed by atoms with Crippen molar-refractivity contribution in [3.8, 4) is 0 Å². The first-order valence-corrected chi connectivity index (χ1v) is 4.69. The molecule has 0 spiro atoms. The van der Waals surface area contributed by atoms with E-state index in [9.17, 15) is 0 Å². The molecule has 15 heavy (non-hydrogen) atoms. The van der Waals surface area contributed by atoms with Gasteiger partial charge in [0.1, 0.15) is 11.6 Å². The van der Waals surface area contributed by atoms with Gasteiger partial charge in [0.2, 0.25) is 0 Å². The number of hydrogen-bond acceptors (Lipinski definition) is 4. The van der Waals surface area contributed by atoms with Gasteiger partial charge in [-0.1, -0.05) is 0 Å². The number of nitrogens with zero attached hydrogens (tertiary/aromatic N) is 3. The highest BCUT2D eigenvalue weighted by molar-refractivity contribution is 5.64. The Hall–Kier alpha value is -1.98. The Bertz CT molecular complexity index is 441. The largest absolute Gasteiger partial charge is 0.394 e. The van der Waals surface area contributed by atoms with Gasteiger partial charge in [0.05, 0.1) is 17.9 Å². The van der Waals surface area contributed by atoms with Crippen LogP contribution in [0.15, 0.2) is 12.4 Å². The van der Waals surface area contributed by atoms with Crippen LogP contribution in [-0.2, 0) is 13.6 Å². The van der Waals surface area contributed by atoms with Crippen LogP contribution in [0, 0.1) is 6.92 Å². The number of nitrogen functional groups attached to an aromatic ring is 1. The summed E-state index contributed by atoms with van der Waals surface area (Å²) < 4.78 is 1.73. The van der Waals surface area contributed by atoms with E-state index in [-0.39, 0.29) is 0 Å². The Morgan fingerprint density at radius 1 is 1.60 bits per heavy atom. The molecule has 0 bridgehead atoms. The molecule has 0 unspecified atom stereocenters. The Balaban J connectivity index is 2.11. The van der Waals surface area contributed by atoms with Crippen LogP contribution in [0.1, 0.15) is 11.5 Å². The highest BCUT2D eigenvalue weighted by atomic mass is 15.3. The summed E-state index contributed by atoms with van der Waals surface area (Å²) in [7, 11) is 1.85. The summed E-state index contributed by atoms with van der Waals surface area (Å²) in [6.45, 7) is 2.49. The van der Waals surface area contributed by atoms with E-state index in [4.69, 9.17) is 5.73 Å². The molecule has 6 nitrogen and oxygen atoms in total. The maximum Gasteiger partial charge on any atom is 0.148 e. The second-order valence-electron chi connectivity index (χ2n) is 3.36. The van der Waals surface area contributed by atoms with Gasteiger partial charge in [0.25, 0.3) is 0 Å². The Morgan fingerprint density at radius 3 is 2.93 bits per heavy atom. The molecule has 0 aromatic carbocycles. The normalized spacial score (nSPS) is 10.5. The van der Waals surface area contributed by atoms with E-state index in [0.717, 1.165) is 17.3 Å². The number of rotatable bonds is 3. The quantitative estimate of drug-likeness (QED) is 0.688. The number of H-pyrrole nitrogens is 1. The molecule has 0 saturated heterocycles. The van der Waals surface area contributed by atoms with Crippen molar-refractivity contribution in [3.63, 3.8) is 0 Å². The Morgan fingerprint density at radius 2 is 2.40 bits per heavy atom. The molecule has 0 aliphatic heterocycles. The van der Waals surface area contributed by atoms with E-state index >= 15 is 0 Å². The van der Waals surface area contributed by atoms with Gasteiger partial charge < -0.3 is 16.0 Å². The molecule has 0 saturated carbocycles. The van der Waals surface area contributed by atoms with Gasteiger partial charge in [-0.25, -0.2) is 4.98 Å². The van der Waals surface area contributed by atoms with Crippen molar-refractivity contribution in [3.05, 3.63) is 23.9 Å². The molecule has 0 fully saturated rings. The molecule has 0 aliphatic carbocycles. The minimum atomic E-state index is 0.607. The highest BCUT2D eigenvalue weighted by Gasteiger charge is 2.09. The van der Waals surface area contributed by atoms with Gasteiger partial charge in [-0.3, -0.25) is 4.68 Å². The number of nitrogens with two attached hydrogens (primary N) is 1. The maximum atomic E-state index is 5.87. The van der Waals surface area contributed by atoms with Crippen molar-refractivity contribution in [2.45, 2.75) is 13.5 Å². The fourth-order valence-corrected chi connectivity index (χ4v) is 1.45. The summed E-state index contributed by atoms with van der Waals surface area (Å²) in [4.78, 5) is 7.12. The molecular weight excluding hydrogens is 192 g/mol. The minimum absolute atomic E-state index is 0.607. The third-order valence-corrected chi connectivity index (χ3v) is 2.25. The van der Waals surface area contributed by atoms with Crippen LogP contribution < -0.4 is 11.1 Å². The zero-order valence-electron chi connectivity index (χ0n) is 8.78. The van der Waals surface area contributed by atoms with Gasteiger partial charge in [-0.05, 0) is 6.92 Å². The second kappa shape index (κ2) is 3.64. The molecule has 2 aromatic heterocycles. The number of nitrogens with one attached hydrogen (secondary N) is 2. The highest BCUT2D eigenvalue weighted by Crippen LogP contribution is 2.20. The van der Waals surface area contributed by atoms with Crippen LogP contribution in [0.3, 0.4) is 0 Å². The van der Waals surface area contributed by atoms with E-state index in [2.05, 4.69) is 20.4 Å². The van der Waals surface area contributed by atoms with Crippen LogP contribution in [0.4, 0.5) is 11.5 Å². The van der Waals surface area contributed by atoms with Crippen molar-refractivity contribution >= 4 is 11.5 Å². The first-order chi connectivity index (χ1) is 7.18. The molecule has 2 rings (SSSR count). The molecule has 0 amide bonds. The number of aryl methyl sites for hydroxylation is 2. The summed E-state index contributed by atoms with van der Waals surface area (Å²) in [6, 6.07) is 0. The van der Waals surface area contributed by atoms with Crippen LogP contribution in [0.25, 0.3) is 0 Å². The molecule has 80 valence electrons. The topological polar surface area (TPSA) is 84.5 Å². The second-order valence-corrected chi connectivity index (χ2v) is 3.36. The molecule has 0 radical (unpaired) electrons. The van der Waals surface area contributed by atoms with Crippen molar-refractivity contribution in [1.29, 1.82) is 0 Å².